The maximum Gasteiger partial charge on any atom is 0.411 e. The largest absolute Gasteiger partial charge is 0.411 e. The zero-order valence-corrected chi connectivity index (χ0v) is 12.8. The highest BCUT2D eigenvalue weighted by Gasteiger charge is 2.27. The summed E-state index contributed by atoms with van der Waals surface area (Å²) in [4.78, 5) is 4.22. The van der Waals surface area contributed by atoms with Crippen LogP contribution in [0.3, 0.4) is 0 Å². The first-order valence-corrected chi connectivity index (χ1v) is 7.24. The lowest BCUT2D eigenvalue weighted by Gasteiger charge is -2.07. The Hall–Kier alpha value is -2.74. The zero-order valence-electron chi connectivity index (χ0n) is 12.8. The van der Waals surface area contributed by atoms with Crippen molar-refractivity contribution in [2.45, 2.75) is 12.8 Å². The molecule has 0 amide bonds. The number of hydrogen-bond acceptors (Lipinski definition) is 4. The normalized spacial score (nSPS) is 11.7. The molecule has 4 nitrogen and oxygen atoms in total. The van der Waals surface area contributed by atoms with Crippen LogP contribution >= 0.6 is 0 Å². The summed E-state index contributed by atoms with van der Waals surface area (Å²) in [6, 6.07) is 12.2. The molecule has 1 heterocycles. The minimum Gasteiger partial charge on any atom is -0.367 e. The van der Waals surface area contributed by atoms with E-state index in [0.29, 0.717) is 16.7 Å². The molecule has 0 spiro atoms. The van der Waals surface area contributed by atoms with Gasteiger partial charge in [-0.1, -0.05) is 17.3 Å². The molecule has 1 aromatic heterocycles. The van der Waals surface area contributed by atoms with Crippen LogP contribution in [-0.2, 0) is 11.3 Å². The fourth-order valence-electron chi connectivity index (χ4n) is 2.14. The molecule has 3 aromatic rings. The maximum absolute atomic E-state index is 12.9. The molecule has 25 heavy (non-hydrogen) atoms. The lowest BCUT2D eigenvalue weighted by Crippen LogP contribution is -2.16. The zero-order chi connectivity index (χ0) is 17.9. The van der Waals surface area contributed by atoms with E-state index in [9.17, 15) is 17.6 Å². The van der Waals surface area contributed by atoms with Crippen LogP contribution in [0, 0.1) is 5.82 Å². The van der Waals surface area contributed by atoms with E-state index in [1.807, 2.05) is 0 Å². The van der Waals surface area contributed by atoms with Gasteiger partial charge in [0.2, 0.25) is 5.82 Å². The summed E-state index contributed by atoms with van der Waals surface area (Å²) in [6.07, 6.45) is -4.37. The lowest BCUT2D eigenvalue weighted by molar-refractivity contribution is -0.176. The van der Waals surface area contributed by atoms with Crippen LogP contribution in [0.1, 0.15) is 5.56 Å². The second-order valence-corrected chi connectivity index (χ2v) is 5.24. The minimum atomic E-state index is -4.37. The number of rotatable bonds is 5. The van der Waals surface area contributed by atoms with E-state index < -0.39 is 12.8 Å². The van der Waals surface area contributed by atoms with E-state index in [4.69, 9.17) is 4.52 Å². The molecule has 0 atom stereocenters. The predicted molar refractivity (Wildman–Crippen MR) is 80.8 cm³/mol. The summed E-state index contributed by atoms with van der Waals surface area (Å²) in [5, 5.41) is 3.83. The quantitative estimate of drug-likeness (QED) is 0.629. The van der Waals surface area contributed by atoms with E-state index >= 15 is 0 Å². The fraction of sp³-hybridized carbons (Fsp3) is 0.176. The minimum absolute atomic E-state index is 0.188. The van der Waals surface area contributed by atoms with E-state index in [0.717, 1.165) is 0 Å². The van der Waals surface area contributed by atoms with Crippen LogP contribution in [0.5, 0.6) is 0 Å². The number of hydrogen-bond donors (Lipinski definition) is 0. The third kappa shape index (κ3) is 4.63. The molecule has 0 bridgehead atoms. The Balaban J connectivity index is 1.74. The van der Waals surface area contributed by atoms with Gasteiger partial charge in [-0.15, -0.1) is 0 Å². The Bertz CT molecular complexity index is 844. The van der Waals surface area contributed by atoms with Gasteiger partial charge in [0, 0.05) is 11.1 Å². The summed E-state index contributed by atoms with van der Waals surface area (Å²) in [6.45, 7) is -1.50. The molecule has 0 saturated carbocycles. The van der Waals surface area contributed by atoms with Gasteiger partial charge in [0.1, 0.15) is 12.4 Å². The van der Waals surface area contributed by atoms with Crippen molar-refractivity contribution in [3.05, 3.63) is 59.9 Å². The Labute approximate surface area is 140 Å². The molecule has 8 heteroatoms. The van der Waals surface area contributed by atoms with Crippen LogP contribution in [0.2, 0.25) is 0 Å². The van der Waals surface area contributed by atoms with Crippen molar-refractivity contribution in [2.24, 2.45) is 0 Å². The summed E-state index contributed by atoms with van der Waals surface area (Å²) in [5.41, 5.74) is 1.68. The Kier molecular flexibility index (Phi) is 4.80. The third-order valence-electron chi connectivity index (χ3n) is 3.24. The van der Waals surface area contributed by atoms with Crippen LogP contribution in [0.4, 0.5) is 17.6 Å². The molecule has 3 rings (SSSR count). The molecule has 0 N–H and O–H groups in total. The van der Waals surface area contributed by atoms with Crippen molar-refractivity contribution in [3.63, 3.8) is 0 Å². The van der Waals surface area contributed by atoms with Gasteiger partial charge in [0.05, 0.1) is 6.61 Å². The van der Waals surface area contributed by atoms with Gasteiger partial charge in [-0.05, 0) is 42.0 Å². The first-order chi connectivity index (χ1) is 11.9. The molecular formula is C17H12F4N2O2. The lowest BCUT2D eigenvalue weighted by atomic mass is 10.1. The first-order valence-electron chi connectivity index (χ1n) is 7.24. The third-order valence-corrected chi connectivity index (χ3v) is 3.24. The molecule has 0 radical (unpaired) electrons. The van der Waals surface area contributed by atoms with Crippen LogP contribution in [0.15, 0.2) is 53.1 Å². The van der Waals surface area contributed by atoms with E-state index in [1.54, 1.807) is 24.3 Å². The summed E-state index contributed by atoms with van der Waals surface area (Å²) >= 11 is 0. The number of nitrogens with zero attached hydrogens (tertiary/aromatic N) is 2. The molecule has 0 unspecified atom stereocenters. The van der Waals surface area contributed by atoms with Gasteiger partial charge in [0.25, 0.3) is 5.89 Å². The van der Waals surface area contributed by atoms with Crippen molar-refractivity contribution < 1.29 is 26.8 Å². The van der Waals surface area contributed by atoms with Crippen LogP contribution < -0.4 is 0 Å². The number of aromatic nitrogens is 2. The summed E-state index contributed by atoms with van der Waals surface area (Å²) in [7, 11) is 0. The predicted octanol–water partition coefficient (Wildman–Crippen LogP) is 4.62. The van der Waals surface area contributed by atoms with Crippen molar-refractivity contribution in [3.8, 4) is 22.8 Å². The highest BCUT2D eigenvalue weighted by molar-refractivity contribution is 5.60. The van der Waals surface area contributed by atoms with Gasteiger partial charge in [0.15, 0.2) is 0 Å². The number of alkyl halides is 3. The Morgan fingerprint density at radius 1 is 1.00 bits per heavy atom. The molecule has 0 aliphatic carbocycles. The van der Waals surface area contributed by atoms with E-state index in [-0.39, 0.29) is 24.1 Å². The van der Waals surface area contributed by atoms with Crippen molar-refractivity contribution in [2.75, 3.05) is 6.61 Å². The van der Waals surface area contributed by atoms with Crippen molar-refractivity contribution in [1.29, 1.82) is 0 Å². The molecular weight excluding hydrogens is 340 g/mol. The number of benzene rings is 2. The average molecular weight is 352 g/mol. The van der Waals surface area contributed by atoms with E-state index in [2.05, 4.69) is 14.9 Å². The van der Waals surface area contributed by atoms with Gasteiger partial charge >= 0.3 is 6.18 Å². The Morgan fingerprint density at radius 2 is 1.76 bits per heavy atom. The van der Waals surface area contributed by atoms with Gasteiger partial charge in [-0.2, -0.15) is 18.2 Å². The Morgan fingerprint density at radius 3 is 2.48 bits per heavy atom. The molecule has 0 fully saturated rings. The molecule has 2 aromatic carbocycles. The summed E-state index contributed by atoms with van der Waals surface area (Å²) < 4.78 is 59.1. The monoisotopic (exact) mass is 352 g/mol. The van der Waals surface area contributed by atoms with Crippen molar-refractivity contribution >= 4 is 0 Å². The molecule has 0 aliphatic heterocycles. The first kappa shape index (κ1) is 17.1. The standard InChI is InChI=1S/C17H12F4N2O2/c18-14-6-4-12(5-7-14)15-22-16(25-23-15)13-3-1-2-11(8-13)9-24-10-17(19,20)21/h1-8H,9-10H2. The second-order valence-electron chi connectivity index (χ2n) is 5.24. The average Bonchev–Trinajstić information content (AvgIpc) is 3.05. The highest BCUT2D eigenvalue weighted by Crippen LogP contribution is 2.23. The molecule has 0 saturated heterocycles. The molecule has 0 aliphatic rings. The fourth-order valence-corrected chi connectivity index (χ4v) is 2.14. The number of ether oxygens (including phenoxy) is 1. The number of halogens is 4. The smallest absolute Gasteiger partial charge is 0.367 e. The van der Waals surface area contributed by atoms with E-state index in [1.165, 1.54) is 24.3 Å². The topological polar surface area (TPSA) is 48.2 Å². The summed E-state index contributed by atoms with van der Waals surface area (Å²) in [5.74, 6) is 0.116. The SMILES string of the molecule is Fc1ccc(-c2noc(-c3cccc(COCC(F)(F)F)c3)n2)cc1. The van der Waals surface area contributed by atoms with Crippen LogP contribution in [-0.4, -0.2) is 22.9 Å². The molecule has 130 valence electrons. The van der Waals surface area contributed by atoms with Gasteiger partial charge < -0.3 is 9.26 Å². The second kappa shape index (κ2) is 7.02. The van der Waals surface area contributed by atoms with Gasteiger partial charge in [-0.3, -0.25) is 0 Å². The van der Waals surface area contributed by atoms with Crippen LogP contribution in [0.25, 0.3) is 22.8 Å². The maximum atomic E-state index is 12.9. The highest BCUT2D eigenvalue weighted by atomic mass is 19.4. The van der Waals surface area contributed by atoms with Gasteiger partial charge in [-0.25, -0.2) is 4.39 Å². The van der Waals surface area contributed by atoms with Crippen molar-refractivity contribution in [1.82, 2.24) is 10.1 Å².